The van der Waals surface area contributed by atoms with Crippen molar-refractivity contribution < 1.29 is 13.6 Å². The first-order valence-corrected chi connectivity index (χ1v) is 9.96. The minimum atomic E-state index is -2.82. The van der Waals surface area contributed by atoms with Crippen molar-refractivity contribution in [2.45, 2.75) is 18.8 Å². The maximum Gasteiger partial charge on any atom is 0.267 e. The Balaban J connectivity index is 1.38. The van der Waals surface area contributed by atoms with Crippen LogP contribution in [0.25, 0.3) is 22.2 Å². The fourth-order valence-electron chi connectivity index (χ4n) is 3.88. The third-order valence-electron chi connectivity index (χ3n) is 5.57. The third kappa shape index (κ3) is 3.78. The van der Waals surface area contributed by atoms with Gasteiger partial charge in [-0.3, -0.25) is 14.6 Å². The van der Waals surface area contributed by atoms with E-state index >= 15 is 0 Å². The molecule has 0 bridgehead atoms. The van der Waals surface area contributed by atoms with E-state index in [2.05, 4.69) is 20.3 Å². The molecule has 0 radical (unpaired) electrons. The second kappa shape index (κ2) is 7.26. The Morgan fingerprint density at radius 2 is 2.00 bits per heavy atom. The largest absolute Gasteiger partial charge is 0.332 e. The molecule has 5 rings (SSSR count). The molecule has 0 spiro atoms. The number of pyridine rings is 1. The second-order valence-corrected chi connectivity index (χ2v) is 7.91. The Bertz CT molecular complexity index is 1260. The van der Waals surface area contributed by atoms with Crippen LogP contribution in [-0.2, 0) is 13.5 Å². The van der Waals surface area contributed by atoms with Crippen LogP contribution < -0.4 is 0 Å². The Kier molecular flexibility index (Phi) is 4.53. The molecule has 1 saturated heterocycles. The van der Waals surface area contributed by atoms with Crippen LogP contribution in [0.5, 0.6) is 0 Å². The zero-order chi connectivity index (χ0) is 21.6. The van der Waals surface area contributed by atoms with Gasteiger partial charge in [-0.2, -0.15) is 10.2 Å². The van der Waals surface area contributed by atoms with Crippen molar-refractivity contribution in [1.29, 1.82) is 0 Å². The van der Waals surface area contributed by atoms with E-state index in [0.29, 0.717) is 23.0 Å². The number of alkyl halides is 2. The standard InChI is InChI=1S/C22H20F2N6O/c1-29-12-17(11-26-29)15-4-2-14(3-5-15)8-19-18-9-16(10-25-20(18)28-27-19)21(31)30-7-6-22(23,24)13-30/h2-5,9-12H,6-8,13H2,1H3,(H,25,27,28). The smallest absolute Gasteiger partial charge is 0.267 e. The number of fused-ring (bicyclic) bond motifs is 1. The van der Waals surface area contributed by atoms with E-state index in [-0.39, 0.29) is 13.0 Å². The predicted octanol–water partition coefficient (Wildman–Crippen LogP) is 3.43. The van der Waals surface area contributed by atoms with Crippen LogP contribution in [-0.4, -0.2) is 54.8 Å². The van der Waals surface area contributed by atoms with Crippen LogP contribution in [0, 0.1) is 0 Å². The molecule has 4 heterocycles. The maximum absolute atomic E-state index is 13.5. The van der Waals surface area contributed by atoms with Gasteiger partial charge in [-0.25, -0.2) is 13.8 Å². The maximum atomic E-state index is 13.5. The van der Waals surface area contributed by atoms with Crippen molar-refractivity contribution in [2.24, 2.45) is 7.05 Å². The van der Waals surface area contributed by atoms with Crippen LogP contribution in [0.3, 0.4) is 0 Å². The number of nitrogens with one attached hydrogen (secondary N) is 1. The van der Waals surface area contributed by atoms with Crippen LogP contribution in [0.1, 0.15) is 28.0 Å². The van der Waals surface area contributed by atoms with Gasteiger partial charge in [-0.1, -0.05) is 24.3 Å². The van der Waals surface area contributed by atoms with Crippen molar-refractivity contribution in [3.63, 3.8) is 0 Å². The highest BCUT2D eigenvalue weighted by molar-refractivity contribution is 5.97. The van der Waals surface area contributed by atoms with Crippen molar-refractivity contribution in [2.75, 3.05) is 13.1 Å². The van der Waals surface area contributed by atoms with Gasteiger partial charge in [0.1, 0.15) is 0 Å². The highest BCUT2D eigenvalue weighted by atomic mass is 19.3. The van der Waals surface area contributed by atoms with Gasteiger partial charge in [-0.05, 0) is 17.2 Å². The molecule has 3 aromatic heterocycles. The molecule has 0 saturated carbocycles. The van der Waals surface area contributed by atoms with Gasteiger partial charge < -0.3 is 4.90 Å². The lowest BCUT2D eigenvalue weighted by atomic mass is 10.0. The van der Waals surface area contributed by atoms with E-state index in [1.165, 1.54) is 11.1 Å². The fourth-order valence-corrected chi connectivity index (χ4v) is 3.88. The Morgan fingerprint density at radius 3 is 2.68 bits per heavy atom. The molecule has 1 aliphatic rings. The summed E-state index contributed by atoms with van der Waals surface area (Å²) in [5, 5.41) is 12.1. The minimum Gasteiger partial charge on any atom is -0.332 e. The number of aryl methyl sites for hydroxylation is 1. The van der Waals surface area contributed by atoms with Gasteiger partial charge in [0.15, 0.2) is 5.65 Å². The third-order valence-corrected chi connectivity index (χ3v) is 5.57. The molecule has 0 unspecified atom stereocenters. The van der Waals surface area contributed by atoms with Crippen LogP contribution in [0.2, 0.25) is 0 Å². The number of benzene rings is 1. The van der Waals surface area contributed by atoms with Crippen molar-refractivity contribution in [3.05, 3.63) is 65.7 Å². The molecule has 158 valence electrons. The quantitative estimate of drug-likeness (QED) is 0.547. The molecule has 7 nitrogen and oxygen atoms in total. The lowest BCUT2D eigenvalue weighted by Gasteiger charge is -2.15. The summed E-state index contributed by atoms with van der Waals surface area (Å²) in [5.74, 6) is -3.25. The van der Waals surface area contributed by atoms with Gasteiger partial charge in [0, 0.05) is 55.5 Å². The number of aromatic amines is 1. The molecular formula is C22H20F2N6O. The van der Waals surface area contributed by atoms with Crippen LogP contribution >= 0.6 is 0 Å². The van der Waals surface area contributed by atoms with E-state index in [9.17, 15) is 13.6 Å². The molecular weight excluding hydrogens is 402 g/mol. The van der Waals surface area contributed by atoms with Crippen LogP contribution in [0.4, 0.5) is 8.78 Å². The first-order chi connectivity index (χ1) is 14.9. The number of carbonyl (C=O) groups is 1. The van der Waals surface area contributed by atoms with E-state index in [1.54, 1.807) is 10.7 Å². The molecule has 0 aliphatic carbocycles. The molecule has 9 heteroatoms. The number of carbonyl (C=O) groups excluding carboxylic acids is 1. The number of aromatic nitrogens is 5. The average molecular weight is 422 g/mol. The summed E-state index contributed by atoms with van der Waals surface area (Å²) < 4.78 is 28.7. The summed E-state index contributed by atoms with van der Waals surface area (Å²) in [6.07, 6.45) is 5.44. The molecule has 1 N–H and O–H groups in total. The Labute approximate surface area is 176 Å². The molecule has 31 heavy (non-hydrogen) atoms. The predicted molar refractivity (Wildman–Crippen MR) is 111 cm³/mol. The topological polar surface area (TPSA) is 79.7 Å². The lowest BCUT2D eigenvalue weighted by Crippen LogP contribution is -2.31. The molecule has 4 aromatic rings. The van der Waals surface area contributed by atoms with Gasteiger partial charge in [0.2, 0.25) is 0 Å². The SMILES string of the molecule is Cn1cc(-c2ccc(Cc3[nH]nc4ncc(C(=O)N5CCC(F)(F)C5)cc34)cc2)cn1. The van der Waals surface area contributed by atoms with E-state index < -0.39 is 18.4 Å². The number of hydrogen-bond donors (Lipinski definition) is 1. The van der Waals surface area contributed by atoms with E-state index in [1.807, 2.05) is 43.7 Å². The normalized spacial score (nSPS) is 15.6. The number of amides is 1. The second-order valence-electron chi connectivity index (χ2n) is 7.91. The summed E-state index contributed by atoms with van der Waals surface area (Å²) in [6, 6.07) is 9.81. The molecule has 1 amide bonds. The van der Waals surface area contributed by atoms with Crippen LogP contribution in [0.15, 0.2) is 48.9 Å². The highest BCUT2D eigenvalue weighted by Gasteiger charge is 2.40. The summed E-state index contributed by atoms with van der Waals surface area (Å²) in [6.45, 7) is -0.503. The first kappa shape index (κ1) is 19.3. The number of hydrogen-bond acceptors (Lipinski definition) is 4. The lowest BCUT2D eigenvalue weighted by molar-refractivity contribution is 0.0120. The van der Waals surface area contributed by atoms with Gasteiger partial charge in [-0.15, -0.1) is 0 Å². The Morgan fingerprint density at radius 1 is 1.19 bits per heavy atom. The van der Waals surface area contributed by atoms with Crippen molar-refractivity contribution in [3.8, 4) is 11.1 Å². The zero-order valence-electron chi connectivity index (χ0n) is 16.8. The van der Waals surface area contributed by atoms with Gasteiger partial charge >= 0.3 is 0 Å². The molecule has 1 aliphatic heterocycles. The highest BCUT2D eigenvalue weighted by Crippen LogP contribution is 2.28. The summed E-state index contributed by atoms with van der Waals surface area (Å²) in [4.78, 5) is 18.1. The number of likely N-dealkylation sites (tertiary alicyclic amines) is 1. The van der Waals surface area contributed by atoms with Crippen molar-refractivity contribution >= 4 is 16.9 Å². The first-order valence-electron chi connectivity index (χ1n) is 9.96. The summed E-state index contributed by atoms with van der Waals surface area (Å²) in [5.41, 5.74) is 4.78. The Hall–Kier alpha value is -3.62. The summed E-state index contributed by atoms with van der Waals surface area (Å²) in [7, 11) is 1.88. The van der Waals surface area contributed by atoms with E-state index in [4.69, 9.17) is 0 Å². The van der Waals surface area contributed by atoms with Crippen molar-refractivity contribution in [1.82, 2.24) is 29.9 Å². The molecule has 1 aromatic carbocycles. The minimum absolute atomic E-state index is 0.0470. The average Bonchev–Trinajstić information content (AvgIpc) is 3.46. The molecule has 0 atom stereocenters. The van der Waals surface area contributed by atoms with Gasteiger partial charge in [0.25, 0.3) is 11.8 Å². The number of halogens is 2. The number of nitrogens with zero attached hydrogens (tertiary/aromatic N) is 5. The number of rotatable bonds is 4. The fraction of sp³-hybridized carbons (Fsp3) is 0.273. The zero-order valence-corrected chi connectivity index (χ0v) is 16.8. The molecule has 1 fully saturated rings. The monoisotopic (exact) mass is 422 g/mol. The summed E-state index contributed by atoms with van der Waals surface area (Å²) >= 11 is 0. The number of H-pyrrole nitrogens is 1. The van der Waals surface area contributed by atoms with Gasteiger partial charge in [0.05, 0.1) is 18.3 Å². The van der Waals surface area contributed by atoms with E-state index in [0.717, 1.165) is 22.4 Å².